The monoisotopic (exact) mass is 397 g/mol. The van der Waals surface area contributed by atoms with Gasteiger partial charge in [-0.05, 0) is 24.3 Å². The number of piperazine rings is 1. The number of carbonyl (C=O) groups excluding carboxylic acids is 1. The van der Waals surface area contributed by atoms with Crippen LogP contribution in [0.4, 0.5) is 10.2 Å². The summed E-state index contributed by atoms with van der Waals surface area (Å²) >= 11 is 1.59. The second-order valence-electron chi connectivity index (χ2n) is 6.68. The smallest absolute Gasteiger partial charge is 0.248 e. The highest BCUT2D eigenvalue weighted by Gasteiger charge is 2.19. The Morgan fingerprint density at radius 1 is 1.11 bits per heavy atom. The summed E-state index contributed by atoms with van der Waals surface area (Å²) in [7, 11) is 0. The molecule has 3 aromatic rings. The van der Waals surface area contributed by atoms with Gasteiger partial charge in [0.15, 0.2) is 0 Å². The van der Waals surface area contributed by atoms with Gasteiger partial charge in [-0.25, -0.2) is 14.4 Å². The van der Waals surface area contributed by atoms with Crippen LogP contribution in [0, 0.1) is 5.82 Å². The van der Waals surface area contributed by atoms with Gasteiger partial charge >= 0.3 is 0 Å². The van der Waals surface area contributed by atoms with Crippen molar-refractivity contribution < 1.29 is 9.18 Å². The van der Waals surface area contributed by atoms with Crippen LogP contribution in [0.3, 0.4) is 0 Å². The summed E-state index contributed by atoms with van der Waals surface area (Å²) in [6.45, 7) is 4.30. The van der Waals surface area contributed by atoms with Gasteiger partial charge in [0.1, 0.15) is 16.6 Å². The van der Waals surface area contributed by atoms with E-state index in [9.17, 15) is 9.18 Å². The summed E-state index contributed by atoms with van der Waals surface area (Å²) in [5.74, 6) is 0.0729. The molecular formula is C20H20FN5OS. The summed E-state index contributed by atoms with van der Waals surface area (Å²) in [6, 6.07) is 10.4. The van der Waals surface area contributed by atoms with Crippen LogP contribution in [0.2, 0.25) is 0 Å². The quantitative estimate of drug-likeness (QED) is 0.717. The Bertz CT molecular complexity index is 949. The number of pyridine rings is 1. The third-order valence-electron chi connectivity index (χ3n) is 4.76. The number of anilines is 1. The highest BCUT2D eigenvalue weighted by Crippen LogP contribution is 2.25. The molecule has 1 saturated heterocycles. The first-order valence-corrected chi connectivity index (χ1v) is 9.90. The van der Waals surface area contributed by atoms with Crippen LogP contribution in [-0.2, 0) is 6.54 Å². The Morgan fingerprint density at radius 2 is 1.86 bits per heavy atom. The first kappa shape index (κ1) is 18.5. The van der Waals surface area contributed by atoms with Gasteiger partial charge in [0, 0.05) is 49.2 Å². The van der Waals surface area contributed by atoms with Crippen molar-refractivity contribution in [3.8, 4) is 10.6 Å². The maximum Gasteiger partial charge on any atom is 0.248 e. The third-order valence-corrected chi connectivity index (χ3v) is 5.70. The largest absolute Gasteiger partial charge is 0.366 e. The molecule has 0 radical (unpaired) electrons. The highest BCUT2D eigenvalue weighted by molar-refractivity contribution is 7.13. The summed E-state index contributed by atoms with van der Waals surface area (Å²) < 4.78 is 13.0. The number of nitrogens with zero attached hydrogens (tertiary/aromatic N) is 4. The van der Waals surface area contributed by atoms with E-state index in [1.54, 1.807) is 29.5 Å². The predicted octanol–water partition coefficient (Wildman–Crippen LogP) is 2.77. The van der Waals surface area contributed by atoms with Crippen LogP contribution in [0.5, 0.6) is 0 Å². The number of hydrogen-bond donors (Lipinski definition) is 1. The molecule has 0 atom stereocenters. The zero-order valence-electron chi connectivity index (χ0n) is 15.2. The number of amides is 1. The summed E-state index contributed by atoms with van der Waals surface area (Å²) in [5.41, 5.74) is 7.79. The molecule has 1 fully saturated rings. The number of hydrogen-bond acceptors (Lipinski definition) is 6. The number of aromatic nitrogens is 2. The fraction of sp³-hybridized carbons (Fsp3) is 0.250. The first-order chi connectivity index (χ1) is 13.6. The second kappa shape index (κ2) is 8.04. The topological polar surface area (TPSA) is 75.4 Å². The SMILES string of the molecule is NC(=O)c1ccc(-c2nc(CN3CCN(c4ccc(F)cn4)CC3)cs2)cc1. The van der Waals surface area contributed by atoms with Crippen molar-refractivity contribution in [1.29, 1.82) is 0 Å². The van der Waals surface area contributed by atoms with E-state index < -0.39 is 5.91 Å². The van der Waals surface area contributed by atoms with E-state index in [0.717, 1.165) is 54.8 Å². The lowest BCUT2D eigenvalue weighted by atomic mass is 10.1. The zero-order valence-corrected chi connectivity index (χ0v) is 16.0. The van der Waals surface area contributed by atoms with Crippen LogP contribution >= 0.6 is 11.3 Å². The average molecular weight is 397 g/mol. The maximum absolute atomic E-state index is 13.0. The average Bonchev–Trinajstić information content (AvgIpc) is 3.18. The minimum absolute atomic E-state index is 0.314. The molecule has 1 amide bonds. The lowest BCUT2D eigenvalue weighted by molar-refractivity contribution is 0.100. The number of halogens is 1. The van der Waals surface area contributed by atoms with Crippen molar-refractivity contribution >= 4 is 23.1 Å². The van der Waals surface area contributed by atoms with E-state index >= 15 is 0 Å². The summed E-state index contributed by atoms with van der Waals surface area (Å²) in [6.07, 6.45) is 1.26. The van der Waals surface area contributed by atoms with Crippen molar-refractivity contribution in [1.82, 2.24) is 14.9 Å². The van der Waals surface area contributed by atoms with Gasteiger partial charge in [-0.2, -0.15) is 0 Å². The molecule has 28 heavy (non-hydrogen) atoms. The molecule has 0 aliphatic carbocycles. The normalized spacial score (nSPS) is 15.0. The Kier molecular flexibility index (Phi) is 5.31. The molecule has 2 aromatic heterocycles. The molecule has 6 nitrogen and oxygen atoms in total. The van der Waals surface area contributed by atoms with E-state index in [1.807, 2.05) is 12.1 Å². The van der Waals surface area contributed by atoms with E-state index in [-0.39, 0.29) is 5.82 Å². The van der Waals surface area contributed by atoms with E-state index in [0.29, 0.717) is 5.56 Å². The third kappa shape index (κ3) is 4.18. The second-order valence-corrected chi connectivity index (χ2v) is 7.54. The fourth-order valence-electron chi connectivity index (χ4n) is 3.21. The first-order valence-electron chi connectivity index (χ1n) is 9.02. The molecule has 3 heterocycles. The molecule has 1 aliphatic heterocycles. The molecule has 0 spiro atoms. The van der Waals surface area contributed by atoms with Gasteiger partial charge in [-0.1, -0.05) is 12.1 Å². The van der Waals surface area contributed by atoms with E-state index in [2.05, 4.69) is 20.2 Å². The molecule has 0 unspecified atom stereocenters. The lowest BCUT2D eigenvalue weighted by Crippen LogP contribution is -2.46. The lowest BCUT2D eigenvalue weighted by Gasteiger charge is -2.35. The van der Waals surface area contributed by atoms with Crippen LogP contribution in [0.1, 0.15) is 16.1 Å². The van der Waals surface area contributed by atoms with E-state index in [4.69, 9.17) is 10.7 Å². The molecule has 4 rings (SSSR count). The van der Waals surface area contributed by atoms with E-state index in [1.165, 1.54) is 12.3 Å². The number of nitrogens with two attached hydrogens (primary N) is 1. The number of thiazole rings is 1. The van der Waals surface area contributed by atoms with Crippen LogP contribution < -0.4 is 10.6 Å². The van der Waals surface area contributed by atoms with Crippen LogP contribution in [0.15, 0.2) is 48.0 Å². The Hall–Kier alpha value is -2.84. The van der Waals surface area contributed by atoms with Gasteiger partial charge in [0.05, 0.1) is 11.9 Å². The van der Waals surface area contributed by atoms with Crippen LogP contribution in [-0.4, -0.2) is 47.0 Å². The summed E-state index contributed by atoms with van der Waals surface area (Å²) in [5, 5.41) is 3.01. The van der Waals surface area contributed by atoms with Crippen LogP contribution in [0.25, 0.3) is 10.6 Å². The molecule has 0 bridgehead atoms. The van der Waals surface area contributed by atoms with Gasteiger partial charge in [-0.15, -0.1) is 11.3 Å². The number of carbonyl (C=O) groups is 1. The molecule has 1 aromatic carbocycles. The Balaban J connectivity index is 1.34. The molecule has 8 heteroatoms. The fourth-order valence-corrected chi connectivity index (χ4v) is 4.03. The van der Waals surface area contributed by atoms with Gasteiger partial charge in [-0.3, -0.25) is 9.69 Å². The molecular weight excluding hydrogens is 377 g/mol. The predicted molar refractivity (Wildman–Crippen MR) is 108 cm³/mol. The number of benzene rings is 1. The minimum Gasteiger partial charge on any atom is -0.366 e. The Morgan fingerprint density at radius 3 is 2.50 bits per heavy atom. The minimum atomic E-state index is -0.429. The molecule has 0 saturated carbocycles. The van der Waals surface area contributed by atoms with Crippen molar-refractivity contribution in [3.63, 3.8) is 0 Å². The van der Waals surface area contributed by atoms with Crippen molar-refractivity contribution in [2.75, 3.05) is 31.1 Å². The number of rotatable bonds is 5. The van der Waals surface area contributed by atoms with Crippen molar-refractivity contribution in [3.05, 3.63) is 65.0 Å². The number of primary amides is 1. The Labute approximate surface area is 166 Å². The molecule has 144 valence electrons. The maximum atomic E-state index is 13.0. The van der Waals surface area contributed by atoms with Gasteiger partial charge < -0.3 is 10.6 Å². The summed E-state index contributed by atoms with van der Waals surface area (Å²) in [4.78, 5) is 24.6. The van der Waals surface area contributed by atoms with Crippen molar-refractivity contribution in [2.45, 2.75) is 6.54 Å². The zero-order chi connectivity index (χ0) is 19.5. The molecule has 1 aliphatic rings. The van der Waals surface area contributed by atoms with Gasteiger partial charge in [0.25, 0.3) is 0 Å². The standard InChI is InChI=1S/C20H20FN5OS/c21-16-5-6-18(23-11-16)26-9-7-25(8-10-26)12-17-13-28-20(24-17)15-3-1-14(2-4-15)19(22)27/h1-6,11,13H,7-10,12H2,(H2,22,27). The molecule has 2 N–H and O–H groups in total. The highest BCUT2D eigenvalue weighted by atomic mass is 32.1. The van der Waals surface area contributed by atoms with Gasteiger partial charge in [0.2, 0.25) is 5.91 Å². The van der Waals surface area contributed by atoms with Crippen molar-refractivity contribution in [2.24, 2.45) is 5.73 Å².